The summed E-state index contributed by atoms with van der Waals surface area (Å²) in [5.41, 5.74) is -0.182. The van der Waals surface area contributed by atoms with Crippen LogP contribution in [0, 0.1) is 5.82 Å². The van der Waals surface area contributed by atoms with Gasteiger partial charge in [0.25, 0.3) is 10.0 Å². The molecule has 2 aromatic rings. The fraction of sp³-hybridized carbons (Fsp3) is 0.250. The van der Waals surface area contributed by atoms with Crippen molar-refractivity contribution in [2.75, 3.05) is 16.6 Å². The van der Waals surface area contributed by atoms with Crippen LogP contribution in [0.2, 0.25) is 0 Å². The summed E-state index contributed by atoms with van der Waals surface area (Å²) in [4.78, 5) is 11.2. The molecule has 0 aliphatic carbocycles. The molecule has 2 N–H and O–H groups in total. The van der Waals surface area contributed by atoms with E-state index in [1.807, 2.05) is 6.92 Å². The zero-order valence-corrected chi connectivity index (χ0v) is 12.1. The van der Waals surface area contributed by atoms with Crippen LogP contribution in [0.25, 0.3) is 0 Å². The van der Waals surface area contributed by atoms with Crippen LogP contribution in [-0.4, -0.2) is 29.9 Å². The summed E-state index contributed by atoms with van der Waals surface area (Å²) in [5.74, 6) is -0.422. The lowest BCUT2D eigenvalue weighted by atomic mass is 10.4. The minimum absolute atomic E-state index is 0.152. The summed E-state index contributed by atoms with van der Waals surface area (Å²) < 4.78 is 39.7. The van der Waals surface area contributed by atoms with E-state index in [0.717, 1.165) is 25.0 Å². The van der Waals surface area contributed by atoms with Gasteiger partial charge in [0.05, 0.1) is 24.3 Å². The number of nitrogens with zero attached hydrogens (tertiary/aromatic N) is 3. The SMILES string of the molecule is CCCNc1ncc(S(=O)(=O)Nc2ccncc2F)cn1. The van der Waals surface area contributed by atoms with E-state index in [0.29, 0.717) is 12.5 Å². The summed E-state index contributed by atoms with van der Waals surface area (Å²) in [7, 11) is -3.94. The van der Waals surface area contributed by atoms with Crippen LogP contribution in [-0.2, 0) is 10.0 Å². The Hall–Kier alpha value is -2.29. The molecule has 112 valence electrons. The molecule has 21 heavy (non-hydrogen) atoms. The van der Waals surface area contributed by atoms with Crippen LogP contribution in [0.5, 0.6) is 0 Å². The van der Waals surface area contributed by atoms with E-state index in [1.165, 1.54) is 12.3 Å². The van der Waals surface area contributed by atoms with Crippen molar-refractivity contribution in [1.82, 2.24) is 15.0 Å². The quantitative estimate of drug-likeness (QED) is 0.841. The first kappa shape index (κ1) is 15.1. The highest BCUT2D eigenvalue weighted by molar-refractivity contribution is 7.92. The Balaban J connectivity index is 2.18. The highest BCUT2D eigenvalue weighted by atomic mass is 32.2. The van der Waals surface area contributed by atoms with Crippen LogP contribution < -0.4 is 10.0 Å². The minimum atomic E-state index is -3.94. The second-order valence-electron chi connectivity index (χ2n) is 4.13. The van der Waals surface area contributed by atoms with Gasteiger partial charge in [-0.25, -0.2) is 22.8 Å². The number of anilines is 2. The van der Waals surface area contributed by atoms with Gasteiger partial charge < -0.3 is 5.32 Å². The molecule has 0 amide bonds. The molecule has 0 bridgehead atoms. The Morgan fingerprint density at radius 3 is 2.57 bits per heavy atom. The van der Waals surface area contributed by atoms with Crippen LogP contribution in [0.4, 0.5) is 16.0 Å². The van der Waals surface area contributed by atoms with Crippen LogP contribution in [0.1, 0.15) is 13.3 Å². The van der Waals surface area contributed by atoms with Crippen molar-refractivity contribution in [3.8, 4) is 0 Å². The third-order valence-corrected chi connectivity index (χ3v) is 3.81. The molecule has 7 nitrogen and oxygen atoms in total. The Kier molecular flexibility index (Phi) is 4.63. The smallest absolute Gasteiger partial charge is 0.265 e. The van der Waals surface area contributed by atoms with Crippen molar-refractivity contribution in [3.05, 3.63) is 36.7 Å². The largest absolute Gasteiger partial charge is 0.354 e. The number of hydrogen-bond donors (Lipinski definition) is 2. The highest BCUT2D eigenvalue weighted by Crippen LogP contribution is 2.17. The normalized spacial score (nSPS) is 11.1. The van der Waals surface area contributed by atoms with E-state index in [1.54, 1.807) is 0 Å². The van der Waals surface area contributed by atoms with E-state index >= 15 is 0 Å². The highest BCUT2D eigenvalue weighted by Gasteiger charge is 2.17. The van der Waals surface area contributed by atoms with Crippen molar-refractivity contribution in [3.63, 3.8) is 0 Å². The lowest BCUT2D eigenvalue weighted by Gasteiger charge is -2.08. The summed E-state index contributed by atoms with van der Waals surface area (Å²) in [5, 5.41) is 2.93. The van der Waals surface area contributed by atoms with Crippen LogP contribution >= 0.6 is 0 Å². The summed E-state index contributed by atoms with van der Waals surface area (Å²) in [6.45, 7) is 2.67. The molecule has 2 rings (SSSR count). The predicted molar refractivity (Wildman–Crippen MR) is 75.8 cm³/mol. The monoisotopic (exact) mass is 311 g/mol. The van der Waals surface area contributed by atoms with Gasteiger partial charge in [0.15, 0.2) is 5.82 Å². The number of halogens is 1. The third kappa shape index (κ3) is 3.85. The Bertz CT molecular complexity index is 706. The third-order valence-electron chi connectivity index (χ3n) is 2.49. The molecule has 0 aliphatic heterocycles. The fourth-order valence-corrected chi connectivity index (χ4v) is 2.40. The Morgan fingerprint density at radius 2 is 1.95 bits per heavy atom. The molecular weight excluding hydrogens is 297 g/mol. The van der Waals surface area contributed by atoms with Gasteiger partial charge in [-0.3, -0.25) is 9.71 Å². The predicted octanol–water partition coefficient (Wildman–Crippen LogP) is 1.63. The molecule has 0 atom stereocenters. The number of rotatable bonds is 6. The number of sulfonamides is 1. The average molecular weight is 311 g/mol. The van der Waals surface area contributed by atoms with Crippen molar-refractivity contribution < 1.29 is 12.8 Å². The van der Waals surface area contributed by atoms with E-state index in [9.17, 15) is 12.8 Å². The van der Waals surface area contributed by atoms with Gasteiger partial charge in [-0.15, -0.1) is 0 Å². The van der Waals surface area contributed by atoms with Gasteiger partial charge in [-0.1, -0.05) is 6.92 Å². The molecule has 0 saturated heterocycles. The van der Waals surface area contributed by atoms with E-state index < -0.39 is 15.8 Å². The number of pyridine rings is 1. The van der Waals surface area contributed by atoms with Gasteiger partial charge in [0.1, 0.15) is 4.90 Å². The fourth-order valence-electron chi connectivity index (χ4n) is 1.44. The maximum atomic E-state index is 13.4. The maximum absolute atomic E-state index is 13.4. The zero-order valence-electron chi connectivity index (χ0n) is 11.2. The lowest BCUT2D eigenvalue weighted by molar-refractivity contribution is 0.597. The van der Waals surface area contributed by atoms with Gasteiger partial charge in [0, 0.05) is 12.7 Å². The van der Waals surface area contributed by atoms with Gasteiger partial charge in [0.2, 0.25) is 5.95 Å². The van der Waals surface area contributed by atoms with Gasteiger partial charge in [-0.2, -0.15) is 0 Å². The second kappa shape index (κ2) is 6.44. The van der Waals surface area contributed by atoms with Crippen molar-refractivity contribution in [2.45, 2.75) is 18.2 Å². The molecule has 0 saturated carbocycles. The van der Waals surface area contributed by atoms with E-state index in [2.05, 4.69) is 25.0 Å². The maximum Gasteiger partial charge on any atom is 0.265 e. The molecule has 2 heterocycles. The lowest BCUT2D eigenvalue weighted by Crippen LogP contribution is -2.15. The second-order valence-corrected chi connectivity index (χ2v) is 5.81. The summed E-state index contributed by atoms with van der Waals surface area (Å²) >= 11 is 0. The topological polar surface area (TPSA) is 96.9 Å². The Labute approximate surface area is 121 Å². The van der Waals surface area contributed by atoms with E-state index in [4.69, 9.17) is 0 Å². The number of hydrogen-bond acceptors (Lipinski definition) is 6. The van der Waals surface area contributed by atoms with Crippen LogP contribution in [0.3, 0.4) is 0 Å². The molecule has 2 aromatic heterocycles. The molecule has 9 heteroatoms. The van der Waals surface area contributed by atoms with Crippen molar-refractivity contribution in [1.29, 1.82) is 0 Å². The first-order valence-corrected chi connectivity index (χ1v) is 7.69. The number of aromatic nitrogens is 3. The molecule has 0 aromatic carbocycles. The van der Waals surface area contributed by atoms with E-state index in [-0.39, 0.29) is 10.6 Å². The average Bonchev–Trinajstić information content (AvgIpc) is 2.48. The Morgan fingerprint density at radius 1 is 1.24 bits per heavy atom. The zero-order chi connectivity index (χ0) is 15.3. The van der Waals surface area contributed by atoms with Crippen molar-refractivity contribution >= 4 is 21.7 Å². The first-order chi connectivity index (χ1) is 10.0. The minimum Gasteiger partial charge on any atom is -0.354 e. The van der Waals surface area contributed by atoms with Crippen molar-refractivity contribution in [2.24, 2.45) is 0 Å². The standard InChI is InChI=1S/C12H14FN5O2S/c1-2-4-15-12-16-6-9(7-17-12)21(19,20)18-11-3-5-14-8-10(11)13/h3,5-8H,2,4H2,1H3,(H,14,18)(H,15,16,17). The molecule has 0 fully saturated rings. The van der Waals surface area contributed by atoms with Gasteiger partial charge in [-0.05, 0) is 12.5 Å². The molecule has 0 spiro atoms. The summed E-state index contributed by atoms with van der Waals surface area (Å²) in [6.07, 6.45) is 5.42. The molecular formula is C12H14FN5O2S. The molecule has 0 unspecified atom stereocenters. The molecule has 0 aliphatic rings. The summed E-state index contributed by atoms with van der Waals surface area (Å²) in [6, 6.07) is 1.23. The molecule has 0 radical (unpaired) electrons. The first-order valence-electron chi connectivity index (χ1n) is 6.21. The van der Waals surface area contributed by atoms with Crippen LogP contribution in [0.15, 0.2) is 35.7 Å². The number of nitrogens with one attached hydrogen (secondary N) is 2. The van der Waals surface area contributed by atoms with Gasteiger partial charge >= 0.3 is 0 Å².